The molecule has 0 atom stereocenters. The maximum absolute atomic E-state index is 13.6. The average molecular weight is 295 g/mol. The molecular formula is C14H9Cl2FN2. The number of halogens is 3. The van der Waals surface area contributed by atoms with Gasteiger partial charge in [0, 0.05) is 17.8 Å². The Kier molecular flexibility index (Phi) is 4.26. The third kappa shape index (κ3) is 3.37. The molecule has 0 heterocycles. The Labute approximate surface area is 120 Å². The van der Waals surface area contributed by atoms with Crippen LogP contribution in [0, 0.1) is 17.1 Å². The van der Waals surface area contributed by atoms with Crippen molar-refractivity contribution >= 4 is 28.9 Å². The van der Waals surface area contributed by atoms with E-state index in [4.69, 9.17) is 28.5 Å². The molecular weight excluding hydrogens is 286 g/mol. The summed E-state index contributed by atoms with van der Waals surface area (Å²) in [5.74, 6) is -0.411. The van der Waals surface area contributed by atoms with E-state index in [1.54, 1.807) is 30.3 Å². The van der Waals surface area contributed by atoms with Gasteiger partial charge in [0.05, 0.1) is 21.7 Å². The molecule has 0 aromatic heterocycles. The fraction of sp³-hybridized carbons (Fsp3) is 0.0714. The summed E-state index contributed by atoms with van der Waals surface area (Å²) in [5.41, 5.74) is 1.53. The summed E-state index contributed by atoms with van der Waals surface area (Å²) < 4.78 is 13.6. The summed E-state index contributed by atoms with van der Waals surface area (Å²) in [6.45, 7) is 0.301. The lowest BCUT2D eigenvalue weighted by Gasteiger charge is -2.08. The lowest BCUT2D eigenvalue weighted by molar-refractivity contribution is 0.612. The lowest BCUT2D eigenvalue weighted by Crippen LogP contribution is -2.02. The number of rotatable bonds is 3. The number of nitrogens with zero attached hydrogens (tertiary/aromatic N) is 1. The number of anilines is 1. The second-order valence-electron chi connectivity index (χ2n) is 3.90. The second kappa shape index (κ2) is 5.92. The second-order valence-corrected chi connectivity index (χ2v) is 4.71. The van der Waals surface area contributed by atoms with E-state index in [1.165, 1.54) is 6.07 Å². The maximum Gasteiger partial charge on any atom is 0.129 e. The fourth-order valence-electron chi connectivity index (χ4n) is 1.56. The van der Waals surface area contributed by atoms with Crippen LogP contribution >= 0.6 is 23.2 Å². The first kappa shape index (κ1) is 13.7. The standard InChI is InChI=1S/C14H9Cl2FN2/c15-12-4-3-11(6-13(12)16)19-8-10-2-1-9(7-18)5-14(10)17/h1-6,19H,8H2. The van der Waals surface area contributed by atoms with E-state index >= 15 is 0 Å². The monoisotopic (exact) mass is 294 g/mol. The van der Waals surface area contributed by atoms with Crippen LogP contribution in [0.15, 0.2) is 36.4 Å². The highest BCUT2D eigenvalue weighted by Crippen LogP contribution is 2.25. The lowest BCUT2D eigenvalue weighted by atomic mass is 10.1. The zero-order valence-electron chi connectivity index (χ0n) is 9.75. The maximum atomic E-state index is 13.6. The Hall–Kier alpha value is -1.76. The zero-order chi connectivity index (χ0) is 13.8. The third-order valence-electron chi connectivity index (χ3n) is 2.58. The highest BCUT2D eigenvalue weighted by atomic mass is 35.5. The predicted octanol–water partition coefficient (Wildman–Crippen LogP) is 4.62. The Morgan fingerprint density at radius 2 is 1.89 bits per heavy atom. The number of nitriles is 1. The summed E-state index contributed by atoms with van der Waals surface area (Å²) in [4.78, 5) is 0. The van der Waals surface area contributed by atoms with Crippen LogP contribution in [0.3, 0.4) is 0 Å². The van der Waals surface area contributed by atoms with Crippen molar-refractivity contribution in [2.24, 2.45) is 0 Å². The molecule has 0 aliphatic carbocycles. The van der Waals surface area contributed by atoms with Crippen LogP contribution in [0.1, 0.15) is 11.1 Å². The van der Waals surface area contributed by atoms with Gasteiger partial charge in [-0.25, -0.2) is 4.39 Å². The van der Waals surface area contributed by atoms with Crippen LogP contribution in [0.4, 0.5) is 10.1 Å². The van der Waals surface area contributed by atoms with Gasteiger partial charge in [0.15, 0.2) is 0 Å². The Bertz CT molecular complexity index is 650. The molecule has 2 nitrogen and oxygen atoms in total. The van der Waals surface area contributed by atoms with Gasteiger partial charge >= 0.3 is 0 Å². The van der Waals surface area contributed by atoms with E-state index < -0.39 is 5.82 Å². The van der Waals surface area contributed by atoms with Crippen molar-refractivity contribution in [3.8, 4) is 6.07 Å². The summed E-state index contributed by atoms with van der Waals surface area (Å²) in [6, 6.07) is 11.4. The molecule has 2 rings (SSSR count). The molecule has 0 radical (unpaired) electrons. The summed E-state index contributed by atoms with van der Waals surface area (Å²) in [6.07, 6.45) is 0. The smallest absolute Gasteiger partial charge is 0.129 e. The SMILES string of the molecule is N#Cc1ccc(CNc2ccc(Cl)c(Cl)c2)c(F)c1. The number of nitrogens with one attached hydrogen (secondary N) is 1. The first-order valence-electron chi connectivity index (χ1n) is 5.47. The van der Waals surface area contributed by atoms with E-state index in [9.17, 15) is 4.39 Å². The highest BCUT2D eigenvalue weighted by Gasteiger charge is 2.04. The van der Waals surface area contributed by atoms with Crippen LogP contribution < -0.4 is 5.32 Å². The molecule has 2 aromatic rings. The van der Waals surface area contributed by atoms with Gasteiger partial charge in [0.1, 0.15) is 5.82 Å². The van der Waals surface area contributed by atoms with Gasteiger partial charge in [-0.05, 0) is 30.3 Å². The van der Waals surface area contributed by atoms with Gasteiger partial charge in [0.2, 0.25) is 0 Å². The number of benzene rings is 2. The Morgan fingerprint density at radius 3 is 2.53 bits per heavy atom. The summed E-state index contributed by atoms with van der Waals surface area (Å²) in [7, 11) is 0. The zero-order valence-corrected chi connectivity index (χ0v) is 11.3. The molecule has 0 spiro atoms. The highest BCUT2D eigenvalue weighted by molar-refractivity contribution is 6.42. The van der Waals surface area contributed by atoms with Crippen molar-refractivity contribution in [1.82, 2.24) is 0 Å². The van der Waals surface area contributed by atoms with Crippen molar-refractivity contribution in [2.75, 3.05) is 5.32 Å². The predicted molar refractivity (Wildman–Crippen MR) is 74.9 cm³/mol. The molecule has 0 bridgehead atoms. The van der Waals surface area contributed by atoms with Crippen molar-refractivity contribution in [1.29, 1.82) is 5.26 Å². The van der Waals surface area contributed by atoms with Crippen LogP contribution in [-0.2, 0) is 6.54 Å². The molecule has 2 aromatic carbocycles. The van der Waals surface area contributed by atoms with Gasteiger partial charge in [-0.1, -0.05) is 29.3 Å². The first-order chi connectivity index (χ1) is 9.10. The van der Waals surface area contributed by atoms with Crippen LogP contribution in [0.2, 0.25) is 10.0 Å². The van der Waals surface area contributed by atoms with E-state index in [0.717, 1.165) is 5.69 Å². The van der Waals surface area contributed by atoms with E-state index in [-0.39, 0.29) is 0 Å². The van der Waals surface area contributed by atoms with Crippen LogP contribution in [0.5, 0.6) is 0 Å². The molecule has 0 aliphatic rings. The Balaban J connectivity index is 2.10. The molecule has 0 aliphatic heterocycles. The summed E-state index contributed by atoms with van der Waals surface area (Å²) >= 11 is 11.7. The van der Waals surface area contributed by atoms with Crippen molar-refractivity contribution in [3.63, 3.8) is 0 Å². The molecule has 0 fully saturated rings. The summed E-state index contributed by atoms with van der Waals surface area (Å²) in [5, 5.41) is 12.6. The van der Waals surface area contributed by atoms with E-state index in [0.29, 0.717) is 27.7 Å². The van der Waals surface area contributed by atoms with Gasteiger partial charge in [-0.15, -0.1) is 0 Å². The quantitative estimate of drug-likeness (QED) is 0.897. The van der Waals surface area contributed by atoms with Gasteiger partial charge in [-0.2, -0.15) is 5.26 Å². The topological polar surface area (TPSA) is 35.8 Å². The first-order valence-corrected chi connectivity index (χ1v) is 6.23. The van der Waals surface area contributed by atoms with Crippen molar-refractivity contribution < 1.29 is 4.39 Å². The minimum Gasteiger partial charge on any atom is -0.381 e. The fourth-order valence-corrected chi connectivity index (χ4v) is 1.86. The van der Waals surface area contributed by atoms with Gasteiger partial charge in [0.25, 0.3) is 0 Å². The molecule has 0 saturated heterocycles. The third-order valence-corrected chi connectivity index (χ3v) is 3.32. The molecule has 0 saturated carbocycles. The largest absolute Gasteiger partial charge is 0.381 e. The molecule has 0 unspecified atom stereocenters. The molecule has 5 heteroatoms. The van der Waals surface area contributed by atoms with Gasteiger partial charge in [-0.3, -0.25) is 0 Å². The minimum absolute atomic E-state index is 0.301. The average Bonchev–Trinajstić information content (AvgIpc) is 2.41. The van der Waals surface area contributed by atoms with Crippen LogP contribution in [0.25, 0.3) is 0 Å². The molecule has 1 N–H and O–H groups in total. The van der Waals surface area contributed by atoms with Crippen LogP contribution in [-0.4, -0.2) is 0 Å². The van der Waals surface area contributed by atoms with Gasteiger partial charge < -0.3 is 5.32 Å². The number of hydrogen-bond donors (Lipinski definition) is 1. The number of hydrogen-bond acceptors (Lipinski definition) is 2. The van der Waals surface area contributed by atoms with Crippen molar-refractivity contribution in [3.05, 3.63) is 63.4 Å². The normalized spacial score (nSPS) is 10.0. The van der Waals surface area contributed by atoms with E-state index in [2.05, 4.69) is 5.32 Å². The molecule has 19 heavy (non-hydrogen) atoms. The van der Waals surface area contributed by atoms with E-state index in [1.807, 2.05) is 6.07 Å². The minimum atomic E-state index is -0.411. The molecule has 0 amide bonds. The Morgan fingerprint density at radius 1 is 1.11 bits per heavy atom. The molecule has 96 valence electrons. The van der Waals surface area contributed by atoms with Crippen molar-refractivity contribution in [2.45, 2.75) is 6.54 Å².